The summed E-state index contributed by atoms with van der Waals surface area (Å²) in [6.45, 7) is 1.16. The quantitative estimate of drug-likeness (QED) is 0.844. The number of halogens is 2. The lowest BCUT2D eigenvalue weighted by Crippen LogP contribution is -2.41. The largest absolute Gasteiger partial charge is 0.369 e. The fraction of sp³-hybridized carbons (Fsp3) is 0.385. The molecule has 1 saturated heterocycles. The molecular weight excluding hydrogens is 376 g/mol. The molecule has 0 atom stereocenters. The number of benzene rings is 1. The number of piperidine rings is 1. The molecule has 2 N–H and O–H groups in total. The van der Waals surface area contributed by atoms with Crippen molar-refractivity contribution in [2.75, 3.05) is 13.1 Å². The lowest BCUT2D eigenvalue weighted by atomic mass is 9.96. The molecule has 19 heavy (non-hydrogen) atoms. The van der Waals surface area contributed by atoms with Crippen LogP contribution in [0.15, 0.2) is 27.1 Å². The Hall–Kier alpha value is -0.880. The van der Waals surface area contributed by atoms with Gasteiger partial charge in [0.25, 0.3) is 5.91 Å². The summed E-state index contributed by atoms with van der Waals surface area (Å²) in [6.07, 6.45) is 1.30. The van der Waals surface area contributed by atoms with Gasteiger partial charge in [-0.25, -0.2) is 0 Å². The van der Waals surface area contributed by atoms with E-state index in [0.717, 1.165) is 8.95 Å². The summed E-state index contributed by atoms with van der Waals surface area (Å²) in [5.41, 5.74) is 5.93. The number of carbonyl (C=O) groups is 2. The van der Waals surface area contributed by atoms with Crippen LogP contribution in [-0.2, 0) is 4.79 Å². The summed E-state index contributed by atoms with van der Waals surface area (Å²) in [4.78, 5) is 25.2. The second kappa shape index (κ2) is 6.05. The SMILES string of the molecule is NC(=O)C1CCN(C(=O)c2ccc(Br)cc2Br)CC1. The molecule has 0 radical (unpaired) electrons. The van der Waals surface area contributed by atoms with Gasteiger partial charge >= 0.3 is 0 Å². The Labute approximate surface area is 128 Å². The smallest absolute Gasteiger partial charge is 0.254 e. The molecule has 0 bridgehead atoms. The van der Waals surface area contributed by atoms with E-state index in [1.807, 2.05) is 12.1 Å². The number of amides is 2. The molecule has 102 valence electrons. The molecule has 1 fully saturated rings. The Morgan fingerprint density at radius 3 is 2.37 bits per heavy atom. The summed E-state index contributed by atoms with van der Waals surface area (Å²) < 4.78 is 1.69. The van der Waals surface area contributed by atoms with E-state index in [1.54, 1.807) is 11.0 Å². The summed E-state index contributed by atoms with van der Waals surface area (Å²) in [7, 11) is 0. The van der Waals surface area contributed by atoms with Crippen LogP contribution in [0.5, 0.6) is 0 Å². The van der Waals surface area contributed by atoms with Gasteiger partial charge in [0.2, 0.25) is 5.91 Å². The van der Waals surface area contributed by atoms with Crippen molar-refractivity contribution in [2.24, 2.45) is 11.7 Å². The zero-order chi connectivity index (χ0) is 14.0. The maximum Gasteiger partial charge on any atom is 0.254 e. The second-order valence-electron chi connectivity index (χ2n) is 4.59. The summed E-state index contributed by atoms with van der Waals surface area (Å²) in [5, 5.41) is 0. The van der Waals surface area contributed by atoms with Gasteiger partial charge in [-0.05, 0) is 47.0 Å². The van der Waals surface area contributed by atoms with E-state index in [0.29, 0.717) is 31.5 Å². The second-order valence-corrected chi connectivity index (χ2v) is 6.36. The average molecular weight is 390 g/mol. The monoisotopic (exact) mass is 388 g/mol. The highest BCUT2D eigenvalue weighted by atomic mass is 79.9. The predicted octanol–water partition coefficient (Wildman–Crippen LogP) is 2.55. The number of carbonyl (C=O) groups excluding carboxylic acids is 2. The van der Waals surface area contributed by atoms with E-state index in [1.165, 1.54) is 0 Å². The molecule has 4 nitrogen and oxygen atoms in total. The van der Waals surface area contributed by atoms with Crippen LogP contribution < -0.4 is 5.73 Å². The van der Waals surface area contributed by atoms with Gasteiger partial charge in [0, 0.05) is 28.0 Å². The molecule has 1 aromatic carbocycles. The molecule has 0 unspecified atom stereocenters. The highest BCUT2D eigenvalue weighted by molar-refractivity contribution is 9.11. The van der Waals surface area contributed by atoms with Gasteiger partial charge in [0.05, 0.1) is 5.56 Å². The van der Waals surface area contributed by atoms with Gasteiger partial charge < -0.3 is 10.6 Å². The molecule has 2 rings (SSSR count). The number of likely N-dealkylation sites (tertiary alicyclic amines) is 1. The van der Waals surface area contributed by atoms with Crippen molar-refractivity contribution in [3.63, 3.8) is 0 Å². The molecular formula is C13H14Br2N2O2. The number of hydrogen-bond acceptors (Lipinski definition) is 2. The Balaban J connectivity index is 2.07. The van der Waals surface area contributed by atoms with Crippen molar-refractivity contribution in [3.8, 4) is 0 Å². The zero-order valence-electron chi connectivity index (χ0n) is 10.2. The fourth-order valence-electron chi connectivity index (χ4n) is 2.20. The number of nitrogens with two attached hydrogens (primary N) is 1. The predicted molar refractivity (Wildman–Crippen MR) is 79.7 cm³/mol. The number of hydrogen-bond donors (Lipinski definition) is 1. The third-order valence-corrected chi connectivity index (χ3v) is 4.50. The Morgan fingerprint density at radius 1 is 1.21 bits per heavy atom. The minimum absolute atomic E-state index is 0.0118. The van der Waals surface area contributed by atoms with Crippen LogP contribution in [0.25, 0.3) is 0 Å². The maximum absolute atomic E-state index is 12.4. The van der Waals surface area contributed by atoms with Crippen LogP contribution in [0.2, 0.25) is 0 Å². The van der Waals surface area contributed by atoms with E-state index in [4.69, 9.17) is 5.73 Å². The molecule has 0 spiro atoms. The summed E-state index contributed by atoms with van der Waals surface area (Å²) in [5.74, 6) is -0.378. The minimum atomic E-state index is -0.267. The van der Waals surface area contributed by atoms with Crippen LogP contribution >= 0.6 is 31.9 Å². The molecule has 2 amide bonds. The normalized spacial score (nSPS) is 16.4. The topological polar surface area (TPSA) is 63.4 Å². The highest BCUT2D eigenvalue weighted by Gasteiger charge is 2.27. The zero-order valence-corrected chi connectivity index (χ0v) is 13.4. The number of nitrogens with zero attached hydrogens (tertiary/aromatic N) is 1. The van der Waals surface area contributed by atoms with Crippen molar-refractivity contribution in [1.82, 2.24) is 4.90 Å². The Bertz CT molecular complexity index is 511. The van der Waals surface area contributed by atoms with Crippen molar-refractivity contribution in [2.45, 2.75) is 12.8 Å². The molecule has 0 saturated carbocycles. The van der Waals surface area contributed by atoms with Crippen LogP contribution in [0.3, 0.4) is 0 Å². The summed E-state index contributed by atoms with van der Waals surface area (Å²) >= 11 is 6.76. The molecule has 1 aliphatic heterocycles. The van der Waals surface area contributed by atoms with Crippen molar-refractivity contribution in [1.29, 1.82) is 0 Å². The first kappa shape index (κ1) is 14.5. The Kier molecular flexibility index (Phi) is 4.62. The maximum atomic E-state index is 12.4. The van der Waals surface area contributed by atoms with Crippen LogP contribution in [0.4, 0.5) is 0 Å². The highest BCUT2D eigenvalue weighted by Crippen LogP contribution is 2.25. The van der Waals surface area contributed by atoms with E-state index >= 15 is 0 Å². The average Bonchev–Trinajstić information content (AvgIpc) is 2.38. The van der Waals surface area contributed by atoms with Gasteiger partial charge in [-0.1, -0.05) is 15.9 Å². The summed E-state index contributed by atoms with van der Waals surface area (Å²) in [6, 6.07) is 5.48. The van der Waals surface area contributed by atoms with E-state index < -0.39 is 0 Å². The van der Waals surface area contributed by atoms with Gasteiger partial charge in [-0.15, -0.1) is 0 Å². The Morgan fingerprint density at radius 2 is 1.84 bits per heavy atom. The van der Waals surface area contributed by atoms with Crippen LogP contribution in [0, 0.1) is 5.92 Å². The van der Waals surface area contributed by atoms with Gasteiger partial charge in [-0.2, -0.15) is 0 Å². The number of rotatable bonds is 2. The molecule has 1 aliphatic rings. The van der Waals surface area contributed by atoms with E-state index in [9.17, 15) is 9.59 Å². The van der Waals surface area contributed by atoms with Crippen molar-refractivity contribution in [3.05, 3.63) is 32.7 Å². The van der Waals surface area contributed by atoms with Gasteiger partial charge in [-0.3, -0.25) is 9.59 Å². The lowest BCUT2D eigenvalue weighted by Gasteiger charge is -2.30. The van der Waals surface area contributed by atoms with Crippen molar-refractivity contribution >= 4 is 43.7 Å². The first-order chi connectivity index (χ1) is 8.99. The van der Waals surface area contributed by atoms with Gasteiger partial charge in [0.15, 0.2) is 0 Å². The fourth-order valence-corrected chi connectivity index (χ4v) is 3.42. The van der Waals surface area contributed by atoms with Gasteiger partial charge in [0.1, 0.15) is 0 Å². The van der Waals surface area contributed by atoms with Crippen LogP contribution in [0.1, 0.15) is 23.2 Å². The first-order valence-corrected chi connectivity index (χ1v) is 7.61. The van der Waals surface area contributed by atoms with Crippen molar-refractivity contribution < 1.29 is 9.59 Å². The molecule has 0 aromatic heterocycles. The van der Waals surface area contributed by atoms with Crippen LogP contribution in [-0.4, -0.2) is 29.8 Å². The van der Waals surface area contributed by atoms with E-state index in [-0.39, 0.29) is 17.7 Å². The molecule has 0 aliphatic carbocycles. The third kappa shape index (κ3) is 3.36. The lowest BCUT2D eigenvalue weighted by molar-refractivity contribution is -0.123. The number of primary amides is 1. The third-order valence-electron chi connectivity index (χ3n) is 3.35. The minimum Gasteiger partial charge on any atom is -0.369 e. The molecule has 1 aromatic rings. The molecule has 6 heteroatoms. The first-order valence-electron chi connectivity index (χ1n) is 6.02. The molecule has 1 heterocycles. The standard InChI is InChI=1S/C13H14Br2N2O2/c14-9-1-2-10(11(15)7-9)13(19)17-5-3-8(4-6-17)12(16)18/h1-2,7-8H,3-6H2,(H2,16,18). The van der Waals surface area contributed by atoms with E-state index in [2.05, 4.69) is 31.9 Å².